The molecule has 4 rings (SSSR count). The van der Waals surface area contributed by atoms with E-state index in [1.807, 2.05) is 19.1 Å². The van der Waals surface area contributed by atoms with E-state index in [0.717, 1.165) is 27.5 Å². The normalized spacial score (nSPS) is 15.9. The average Bonchev–Trinajstić information content (AvgIpc) is 3.61. The van der Waals surface area contributed by atoms with Gasteiger partial charge in [-0.15, -0.1) is 0 Å². The molecule has 11 heteroatoms. The summed E-state index contributed by atoms with van der Waals surface area (Å²) in [5.41, 5.74) is 1.48. The molecular formula is C23H29N5O4S2. The lowest BCUT2D eigenvalue weighted by Crippen LogP contribution is -2.52. The molecule has 1 aliphatic carbocycles. The van der Waals surface area contributed by atoms with E-state index in [1.165, 1.54) is 23.1 Å². The molecule has 0 bridgehead atoms. The number of hydrogen-bond acceptors (Lipinski definition) is 8. The number of aromatic nitrogens is 1. The number of likely N-dealkylation sites (N-methyl/N-ethyl adjacent to an activating group) is 1. The summed E-state index contributed by atoms with van der Waals surface area (Å²) in [6, 6.07) is 3.74. The molecule has 0 radical (unpaired) electrons. The Hall–Kier alpha value is -2.63. The molecule has 0 atom stereocenters. The van der Waals surface area contributed by atoms with E-state index < -0.39 is 0 Å². The highest BCUT2D eigenvalue weighted by molar-refractivity contribution is 8.01. The lowest BCUT2D eigenvalue weighted by atomic mass is 10.1. The number of nitrogens with one attached hydrogen (secondary N) is 2. The van der Waals surface area contributed by atoms with Crippen LogP contribution in [0.5, 0.6) is 5.75 Å². The number of benzene rings is 1. The predicted octanol–water partition coefficient (Wildman–Crippen LogP) is 2.46. The first-order valence-corrected chi connectivity index (χ1v) is 12.9. The van der Waals surface area contributed by atoms with Gasteiger partial charge in [0.15, 0.2) is 5.13 Å². The average molecular weight is 504 g/mol. The van der Waals surface area contributed by atoms with E-state index in [9.17, 15) is 14.4 Å². The number of anilines is 1. The number of nitrogens with zero attached hydrogens (tertiary/aromatic N) is 3. The number of rotatable bonds is 8. The van der Waals surface area contributed by atoms with Crippen molar-refractivity contribution >= 4 is 46.0 Å². The van der Waals surface area contributed by atoms with Gasteiger partial charge in [0.1, 0.15) is 5.75 Å². The summed E-state index contributed by atoms with van der Waals surface area (Å²) < 4.78 is 6.45. The molecule has 0 unspecified atom stereocenters. The number of amides is 3. The Balaban J connectivity index is 1.46. The molecule has 1 saturated heterocycles. The van der Waals surface area contributed by atoms with Crippen LogP contribution in [0.2, 0.25) is 0 Å². The topological polar surface area (TPSA) is 104 Å². The van der Waals surface area contributed by atoms with Crippen LogP contribution in [0.1, 0.15) is 28.8 Å². The molecule has 1 aromatic carbocycles. The van der Waals surface area contributed by atoms with Crippen LogP contribution in [0.3, 0.4) is 0 Å². The second kappa shape index (κ2) is 10.7. The van der Waals surface area contributed by atoms with E-state index >= 15 is 0 Å². The Kier molecular flexibility index (Phi) is 7.74. The van der Waals surface area contributed by atoms with Gasteiger partial charge in [-0.1, -0.05) is 23.1 Å². The number of hydrogen-bond donors (Lipinski definition) is 2. The molecule has 9 nitrogen and oxygen atoms in total. The van der Waals surface area contributed by atoms with Gasteiger partial charge in [-0.25, -0.2) is 4.98 Å². The molecule has 2 aliphatic rings. The van der Waals surface area contributed by atoms with Gasteiger partial charge in [0.05, 0.1) is 29.6 Å². The quantitative estimate of drug-likeness (QED) is 0.570. The summed E-state index contributed by atoms with van der Waals surface area (Å²) in [6.07, 6.45) is 3.63. The lowest BCUT2D eigenvalue weighted by molar-refractivity contribution is -0.131. The third-order valence-corrected chi connectivity index (χ3v) is 8.02. The summed E-state index contributed by atoms with van der Waals surface area (Å²) in [4.78, 5) is 46.2. The standard InChI is InChI=1S/C23H29N5O4S2/c1-14-10-17(32-3)16(22(31)28-8-6-27(7-9-28)19(29)12-24-2)11-18(14)33-20-13-25-23(34-20)26-21(30)15-4-5-15/h10-11,13,15,24H,4-9,12H2,1-3H3,(H,25,26,30). The van der Waals surface area contributed by atoms with Crippen molar-refractivity contribution in [2.75, 3.05) is 52.2 Å². The maximum absolute atomic E-state index is 13.4. The molecule has 34 heavy (non-hydrogen) atoms. The van der Waals surface area contributed by atoms with Crippen LogP contribution in [0.25, 0.3) is 0 Å². The van der Waals surface area contributed by atoms with Crippen molar-refractivity contribution < 1.29 is 19.1 Å². The van der Waals surface area contributed by atoms with Gasteiger partial charge < -0.3 is 25.2 Å². The molecule has 2 fully saturated rings. The Bertz CT molecular complexity index is 1080. The van der Waals surface area contributed by atoms with Gasteiger partial charge in [0.25, 0.3) is 5.91 Å². The molecule has 2 aromatic rings. The molecule has 1 saturated carbocycles. The first-order valence-electron chi connectivity index (χ1n) is 11.2. The summed E-state index contributed by atoms with van der Waals surface area (Å²) in [5, 5.41) is 6.34. The Morgan fingerprint density at radius 2 is 1.88 bits per heavy atom. The number of aryl methyl sites for hydroxylation is 1. The monoisotopic (exact) mass is 503 g/mol. The second-order valence-electron chi connectivity index (χ2n) is 8.37. The SMILES string of the molecule is CNCC(=O)N1CCN(C(=O)c2cc(Sc3cnc(NC(=O)C4CC4)s3)c(C)cc2OC)CC1. The number of carbonyl (C=O) groups is 3. The van der Waals surface area contributed by atoms with Crippen molar-refractivity contribution in [1.82, 2.24) is 20.1 Å². The second-order valence-corrected chi connectivity index (χ2v) is 10.7. The number of piperazine rings is 1. The Morgan fingerprint density at radius 1 is 1.18 bits per heavy atom. The highest BCUT2D eigenvalue weighted by atomic mass is 32.2. The zero-order valence-corrected chi connectivity index (χ0v) is 21.2. The van der Waals surface area contributed by atoms with Gasteiger partial charge in [-0.05, 0) is 44.5 Å². The van der Waals surface area contributed by atoms with Crippen LogP contribution in [-0.2, 0) is 9.59 Å². The minimum absolute atomic E-state index is 0.0344. The first-order chi connectivity index (χ1) is 16.4. The number of thiazole rings is 1. The number of methoxy groups -OCH3 is 1. The Labute approximate surface area is 207 Å². The zero-order chi connectivity index (χ0) is 24.2. The van der Waals surface area contributed by atoms with Crippen molar-refractivity contribution in [3.8, 4) is 5.75 Å². The summed E-state index contributed by atoms with van der Waals surface area (Å²) in [5.74, 6) is 0.620. The van der Waals surface area contributed by atoms with Crippen LogP contribution >= 0.6 is 23.1 Å². The highest BCUT2D eigenvalue weighted by Gasteiger charge is 2.30. The van der Waals surface area contributed by atoms with E-state index in [4.69, 9.17) is 4.74 Å². The molecule has 2 heterocycles. The third-order valence-electron chi connectivity index (χ3n) is 5.85. The first kappa shape index (κ1) is 24.5. The maximum Gasteiger partial charge on any atom is 0.257 e. The molecule has 182 valence electrons. The van der Waals surface area contributed by atoms with Crippen molar-refractivity contribution in [2.45, 2.75) is 28.9 Å². The fourth-order valence-electron chi connectivity index (χ4n) is 3.73. The summed E-state index contributed by atoms with van der Waals surface area (Å²) in [6.45, 7) is 4.25. The van der Waals surface area contributed by atoms with Crippen molar-refractivity contribution in [2.24, 2.45) is 5.92 Å². The van der Waals surface area contributed by atoms with E-state index in [0.29, 0.717) is 49.2 Å². The number of ether oxygens (including phenoxy) is 1. The largest absolute Gasteiger partial charge is 0.496 e. The lowest BCUT2D eigenvalue weighted by Gasteiger charge is -2.35. The summed E-state index contributed by atoms with van der Waals surface area (Å²) >= 11 is 2.93. The summed E-state index contributed by atoms with van der Waals surface area (Å²) in [7, 11) is 3.30. The minimum atomic E-state index is -0.110. The van der Waals surface area contributed by atoms with Gasteiger partial charge in [-0.3, -0.25) is 14.4 Å². The fourth-order valence-corrected chi connectivity index (χ4v) is 5.67. The molecule has 1 aliphatic heterocycles. The van der Waals surface area contributed by atoms with Crippen molar-refractivity contribution in [3.05, 3.63) is 29.5 Å². The fraction of sp³-hybridized carbons (Fsp3) is 0.478. The highest BCUT2D eigenvalue weighted by Crippen LogP contribution is 2.39. The number of carbonyl (C=O) groups excluding carboxylic acids is 3. The predicted molar refractivity (Wildman–Crippen MR) is 132 cm³/mol. The van der Waals surface area contributed by atoms with Crippen LogP contribution in [0.15, 0.2) is 27.4 Å². The van der Waals surface area contributed by atoms with Crippen molar-refractivity contribution in [1.29, 1.82) is 0 Å². The van der Waals surface area contributed by atoms with Gasteiger partial charge in [0, 0.05) is 37.0 Å². The van der Waals surface area contributed by atoms with E-state index in [1.54, 1.807) is 30.2 Å². The zero-order valence-electron chi connectivity index (χ0n) is 19.6. The van der Waals surface area contributed by atoms with Gasteiger partial charge in [0.2, 0.25) is 11.8 Å². The maximum atomic E-state index is 13.4. The van der Waals surface area contributed by atoms with Crippen LogP contribution in [0, 0.1) is 12.8 Å². The molecule has 2 N–H and O–H groups in total. The third kappa shape index (κ3) is 5.70. The smallest absolute Gasteiger partial charge is 0.257 e. The van der Waals surface area contributed by atoms with Crippen LogP contribution < -0.4 is 15.4 Å². The van der Waals surface area contributed by atoms with E-state index in [-0.39, 0.29) is 23.6 Å². The molecular weight excluding hydrogens is 474 g/mol. The van der Waals surface area contributed by atoms with Crippen LogP contribution in [0.4, 0.5) is 5.13 Å². The van der Waals surface area contributed by atoms with Gasteiger partial charge in [-0.2, -0.15) is 0 Å². The van der Waals surface area contributed by atoms with E-state index in [2.05, 4.69) is 15.6 Å². The Morgan fingerprint density at radius 3 is 2.53 bits per heavy atom. The molecule has 3 amide bonds. The van der Waals surface area contributed by atoms with Crippen LogP contribution in [-0.4, -0.2) is 79.4 Å². The minimum Gasteiger partial charge on any atom is -0.496 e. The van der Waals surface area contributed by atoms with Crippen molar-refractivity contribution in [3.63, 3.8) is 0 Å². The van der Waals surface area contributed by atoms with Gasteiger partial charge >= 0.3 is 0 Å². The molecule has 0 spiro atoms. The molecule has 1 aromatic heterocycles.